The van der Waals surface area contributed by atoms with E-state index in [0.717, 1.165) is 31.3 Å². The molecule has 3 fully saturated rings. The van der Waals surface area contributed by atoms with Crippen molar-refractivity contribution in [2.75, 3.05) is 19.7 Å². The Morgan fingerprint density at radius 3 is 2.85 bits per heavy atom. The fourth-order valence-corrected chi connectivity index (χ4v) is 5.48. The first-order valence-electron chi connectivity index (χ1n) is 10.9. The Labute approximate surface area is 163 Å². The molecule has 2 saturated carbocycles. The van der Waals surface area contributed by atoms with Gasteiger partial charge in [-0.15, -0.1) is 0 Å². The van der Waals surface area contributed by atoms with Crippen LogP contribution in [0, 0.1) is 17.8 Å². The first-order chi connectivity index (χ1) is 13.2. The largest absolute Gasteiger partial charge is 0.366 e. The van der Waals surface area contributed by atoms with Gasteiger partial charge in [0.2, 0.25) is 0 Å². The molecular weight excluding hydrogens is 336 g/mol. The molecule has 1 aromatic rings. The number of carbonyl (C=O) groups excluding carboxylic acids is 1. The molecule has 2 aliphatic carbocycles. The zero-order valence-electron chi connectivity index (χ0n) is 16.6. The summed E-state index contributed by atoms with van der Waals surface area (Å²) >= 11 is 0. The van der Waals surface area contributed by atoms with E-state index in [1.54, 1.807) is 0 Å². The number of amides is 1. The van der Waals surface area contributed by atoms with Gasteiger partial charge in [-0.3, -0.25) is 9.69 Å². The van der Waals surface area contributed by atoms with Gasteiger partial charge < -0.3 is 10.1 Å². The Kier molecular flexibility index (Phi) is 6.14. The fourth-order valence-electron chi connectivity index (χ4n) is 5.48. The van der Waals surface area contributed by atoms with E-state index in [4.69, 9.17) is 4.74 Å². The number of hydrogen-bond acceptors (Lipinski definition) is 3. The van der Waals surface area contributed by atoms with Crippen molar-refractivity contribution < 1.29 is 9.53 Å². The number of carbonyl (C=O) groups is 1. The first kappa shape index (κ1) is 18.9. The van der Waals surface area contributed by atoms with E-state index < -0.39 is 0 Å². The van der Waals surface area contributed by atoms with Gasteiger partial charge in [-0.1, -0.05) is 43.7 Å². The molecule has 5 atom stereocenters. The molecule has 4 nitrogen and oxygen atoms in total. The van der Waals surface area contributed by atoms with Crippen LogP contribution in [0.5, 0.6) is 0 Å². The van der Waals surface area contributed by atoms with E-state index in [1.807, 2.05) is 6.07 Å². The summed E-state index contributed by atoms with van der Waals surface area (Å²) in [5, 5.41) is 3.38. The minimum Gasteiger partial charge on any atom is -0.366 e. The minimum absolute atomic E-state index is 0.106. The van der Waals surface area contributed by atoms with Crippen LogP contribution in [0.3, 0.4) is 0 Å². The monoisotopic (exact) mass is 370 g/mol. The van der Waals surface area contributed by atoms with Gasteiger partial charge in [-0.25, -0.2) is 0 Å². The Balaban J connectivity index is 1.31. The fraction of sp³-hybridized carbons (Fsp3) is 0.696. The predicted octanol–water partition coefficient (Wildman–Crippen LogP) is 3.61. The number of ether oxygens (including phenoxy) is 1. The molecule has 27 heavy (non-hydrogen) atoms. The van der Waals surface area contributed by atoms with Crippen LogP contribution in [0.2, 0.25) is 0 Å². The summed E-state index contributed by atoms with van der Waals surface area (Å²) < 4.78 is 5.84. The SMILES string of the molecule is CCC1CC2CCC(NC(=O)C3CN(Cc4ccccc4)CCO3)C(C1)C2. The highest BCUT2D eigenvalue weighted by molar-refractivity contribution is 5.81. The molecule has 1 amide bonds. The number of fused-ring (bicyclic) bond motifs is 2. The van der Waals surface area contributed by atoms with E-state index in [1.165, 1.54) is 37.7 Å². The van der Waals surface area contributed by atoms with E-state index in [-0.39, 0.29) is 12.0 Å². The van der Waals surface area contributed by atoms with Crippen LogP contribution >= 0.6 is 0 Å². The molecule has 4 heteroatoms. The standard InChI is InChI=1S/C23H34N2O2/c1-2-17-12-19-8-9-21(20(13-17)14-19)24-23(26)22-16-25(10-11-27-22)15-18-6-4-3-5-7-18/h3-7,17,19-22H,2,8-16H2,1H3,(H,24,26). The maximum Gasteiger partial charge on any atom is 0.250 e. The van der Waals surface area contributed by atoms with Crippen molar-refractivity contribution in [1.82, 2.24) is 10.2 Å². The molecule has 0 radical (unpaired) electrons. The highest BCUT2D eigenvalue weighted by Gasteiger charge is 2.38. The van der Waals surface area contributed by atoms with Crippen LogP contribution < -0.4 is 5.32 Å². The Morgan fingerprint density at radius 1 is 1.19 bits per heavy atom. The number of hydrogen-bond donors (Lipinski definition) is 1. The smallest absolute Gasteiger partial charge is 0.250 e. The van der Waals surface area contributed by atoms with Gasteiger partial charge in [0, 0.05) is 25.7 Å². The van der Waals surface area contributed by atoms with Crippen LogP contribution in [0.4, 0.5) is 0 Å². The molecule has 1 saturated heterocycles. The molecule has 2 bridgehead atoms. The summed E-state index contributed by atoms with van der Waals surface area (Å²) in [6.07, 6.45) is 7.41. The molecule has 1 N–H and O–H groups in total. The van der Waals surface area contributed by atoms with Crippen molar-refractivity contribution in [3.63, 3.8) is 0 Å². The van der Waals surface area contributed by atoms with Gasteiger partial charge in [0.15, 0.2) is 0 Å². The predicted molar refractivity (Wildman–Crippen MR) is 107 cm³/mol. The van der Waals surface area contributed by atoms with Crippen molar-refractivity contribution in [3.05, 3.63) is 35.9 Å². The summed E-state index contributed by atoms with van der Waals surface area (Å²) in [7, 11) is 0. The Hall–Kier alpha value is -1.39. The van der Waals surface area contributed by atoms with E-state index in [0.29, 0.717) is 25.1 Å². The summed E-state index contributed by atoms with van der Waals surface area (Å²) in [5.74, 6) is 2.54. The van der Waals surface area contributed by atoms with E-state index >= 15 is 0 Å². The van der Waals surface area contributed by atoms with Gasteiger partial charge in [-0.05, 0) is 55.4 Å². The summed E-state index contributed by atoms with van der Waals surface area (Å²) in [6.45, 7) is 5.43. The van der Waals surface area contributed by atoms with Gasteiger partial charge in [-0.2, -0.15) is 0 Å². The van der Waals surface area contributed by atoms with Crippen LogP contribution in [0.25, 0.3) is 0 Å². The van der Waals surface area contributed by atoms with Crippen LogP contribution in [-0.2, 0) is 16.1 Å². The molecule has 1 heterocycles. The molecule has 4 rings (SSSR count). The van der Waals surface area contributed by atoms with Crippen LogP contribution in [-0.4, -0.2) is 42.6 Å². The minimum atomic E-state index is -0.328. The Bertz CT molecular complexity index is 620. The van der Waals surface area contributed by atoms with Crippen LogP contribution in [0.15, 0.2) is 30.3 Å². The maximum absolute atomic E-state index is 12.9. The summed E-state index contributed by atoms with van der Waals surface area (Å²) in [6, 6.07) is 10.8. The lowest BCUT2D eigenvalue weighted by Crippen LogP contribution is -2.54. The third-order valence-electron chi connectivity index (χ3n) is 6.99. The highest BCUT2D eigenvalue weighted by Crippen LogP contribution is 2.43. The second-order valence-electron chi connectivity index (χ2n) is 8.88. The van der Waals surface area contributed by atoms with Crippen molar-refractivity contribution >= 4 is 5.91 Å². The van der Waals surface area contributed by atoms with Crippen molar-refractivity contribution in [3.8, 4) is 0 Å². The topological polar surface area (TPSA) is 41.6 Å². The normalized spacial score (nSPS) is 34.2. The molecule has 148 valence electrons. The summed E-state index contributed by atoms with van der Waals surface area (Å²) in [5.41, 5.74) is 1.30. The second kappa shape index (κ2) is 8.74. The molecule has 0 aromatic heterocycles. The molecule has 3 aliphatic rings. The quantitative estimate of drug-likeness (QED) is 0.861. The van der Waals surface area contributed by atoms with Gasteiger partial charge in [0.05, 0.1) is 6.61 Å². The van der Waals surface area contributed by atoms with Gasteiger partial charge >= 0.3 is 0 Å². The number of nitrogens with one attached hydrogen (secondary N) is 1. The zero-order valence-corrected chi connectivity index (χ0v) is 16.6. The summed E-state index contributed by atoms with van der Waals surface area (Å²) in [4.78, 5) is 15.3. The lowest BCUT2D eigenvalue weighted by atomic mass is 9.65. The van der Waals surface area contributed by atoms with Crippen molar-refractivity contribution in [2.24, 2.45) is 17.8 Å². The third kappa shape index (κ3) is 4.72. The zero-order chi connectivity index (χ0) is 18.6. The lowest BCUT2D eigenvalue weighted by molar-refractivity contribution is -0.140. The number of benzene rings is 1. The highest BCUT2D eigenvalue weighted by atomic mass is 16.5. The average molecular weight is 371 g/mol. The number of rotatable bonds is 5. The molecular formula is C23H34N2O2. The number of morpholine rings is 1. The molecule has 1 aliphatic heterocycles. The van der Waals surface area contributed by atoms with Gasteiger partial charge in [0.25, 0.3) is 5.91 Å². The Morgan fingerprint density at radius 2 is 2.04 bits per heavy atom. The lowest BCUT2D eigenvalue weighted by Gasteiger charge is -2.44. The van der Waals surface area contributed by atoms with E-state index in [2.05, 4.69) is 41.4 Å². The molecule has 5 unspecified atom stereocenters. The van der Waals surface area contributed by atoms with Crippen molar-refractivity contribution in [2.45, 2.75) is 64.1 Å². The van der Waals surface area contributed by atoms with Crippen molar-refractivity contribution in [1.29, 1.82) is 0 Å². The van der Waals surface area contributed by atoms with Crippen LogP contribution in [0.1, 0.15) is 51.0 Å². The van der Waals surface area contributed by atoms with E-state index in [9.17, 15) is 4.79 Å². The molecule has 0 spiro atoms. The first-order valence-corrected chi connectivity index (χ1v) is 10.9. The second-order valence-corrected chi connectivity index (χ2v) is 8.88. The third-order valence-corrected chi connectivity index (χ3v) is 6.99. The number of nitrogens with zero attached hydrogens (tertiary/aromatic N) is 1. The molecule has 1 aromatic carbocycles. The maximum atomic E-state index is 12.9. The van der Waals surface area contributed by atoms with Gasteiger partial charge in [0.1, 0.15) is 6.10 Å². The average Bonchev–Trinajstić information content (AvgIpc) is 2.71.